The molecule has 18 heavy (non-hydrogen) atoms. The Bertz CT molecular complexity index is 442. The zero-order chi connectivity index (χ0) is 13.1. The van der Waals surface area contributed by atoms with E-state index in [0.717, 1.165) is 12.0 Å². The number of amides is 1. The number of aromatic hydroxyl groups is 1. The zero-order valence-electron chi connectivity index (χ0n) is 11.1. The maximum Gasteiger partial charge on any atom is 0.251 e. The molecule has 2 unspecified atom stereocenters. The van der Waals surface area contributed by atoms with Gasteiger partial charge in [0.05, 0.1) is 0 Å². The Labute approximate surface area is 108 Å². The molecule has 0 radical (unpaired) electrons. The summed E-state index contributed by atoms with van der Waals surface area (Å²) in [6.45, 7) is 4.00. The number of hydrogen-bond acceptors (Lipinski definition) is 2. The molecular weight excluding hydrogens is 226 g/mol. The standard InChI is InChI=1S/C15H21NO2/c1-10-5-3-4-6-13(10)16-15(18)12-7-8-14(17)11(2)9-12/h7-10,13,17H,3-6H2,1-2H3,(H,16,18). The van der Waals surface area contributed by atoms with E-state index in [4.69, 9.17) is 0 Å². The molecule has 1 saturated carbocycles. The Balaban J connectivity index is 2.04. The minimum Gasteiger partial charge on any atom is -0.508 e. The molecule has 1 fully saturated rings. The second-order valence-electron chi connectivity index (χ2n) is 5.34. The molecule has 2 atom stereocenters. The number of phenols is 1. The van der Waals surface area contributed by atoms with Crippen LogP contribution in [0.3, 0.4) is 0 Å². The molecule has 1 aromatic carbocycles. The molecule has 0 aliphatic heterocycles. The normalized spacial score (nSPS) is 23.7. The molecule has 1 aliphatic carbocycles. The van der Waals surface area contributed by atoms with Gasteiger partial charge in [-0.15, -0.1) is 0 Å². The molecule has 0 spiro atoms. The second kappa shape index (κ2) is 5.42. The van der Waals surface area contributed by atoms with Crippen LogP contribution in [0.15, 0.2) is 18.2 Å². The highest BCUT2D eigenvalue weighted by Gasteiger charge is 2.23. The number of benzene rings is 1. The van der Waals surface area contributed by atoms with Gasteiger partial charge in [0.15, 0.2) is 0 Å². The van der Waals surface area contributed by atoms with Crippen molar-refractivity contribution in [2.24, 2.45) is 5.92 Å². The smallest absolute Gasteiger partial charge is 0.251 e. The summed E-state index contributed by atoms with van der Waals surface area (Å²) >= 11 is 0. The number of carbonyl (C=O) groups is 1. The quantitative estimate of drug-likeness (QED) is 0.844. The molecule has 1 aromatic rings. The van der Waals surface area contributed by atoms with Crippen molar-refractivity contribution in [3.63, 3.8) is 0 Å². The second-order valence-corrected chi connectivity index (χ2v) is 5.34. The molecule has 2 rings (SSSR count). The molecular formula is C15H21NO2. The van der Waals surface area contributed by atoms with Gasteiger partial charge >= 0.3 is 0 Å². The fraction of sp³-hybridized carbons (Fsp3) is 0.533. The summed E-state index contributed by atoms with van der Waals surface area (Å²) in [4.78, 5) is 12.1. The fourth-order valence-corrected chi connectivity index (χ4v) is 2.58. The van der Waals surface area contributed by atoms with E-state index in [1.54, 1.807) is 25.1 Å². The van der Waals surface area contributed by atoms with E-state index >= 15 is 0 Å². The van der Waals surface area contributed by atoms with Crippen LogP contribution in [-0.4, -0.2) is 17.1 Å². The topological polar surface area (TPSA) is 49.3 Å². The molecule has 98 valence electrons. The maximum atomic E-state index is 12.1. The number of nitrogens with one attached hydrogen (secondary N) is 1. The summed E-state index contributed by atoms with van der Waals surface area (Å²) in [6, 6.07) is 5.28. The lowest BCUT2D eigenvalue weighted by Crippen LogP contribution is -2.41. The summed E-state index contributed by atoms with van der Waals surface area (Å²) in [7, 11) is 0. The van der Waals surface area contributed by atoms with Gasteiger partial charge in [0.2, 0.25) is 0 Å². The summed E-state index contributed by atoms with van der Waals surface area (Å²) in [5, 5.41) is 12.6. The van der Waals surface area contributed by atoms with Crippen LogP contribution in [0.1, 0.15) is 48.5 Å². The Hall–Kier alpha value is -1.51. The van der Waals surface area contributed by atoms with Crippen molar-refractivity contribution in [3.8, 4) is 5.75 Å². The van der Waals surface area contributed by atoms with Gasteiger partial charge in [-0.1, -0.05) is 19.8 Å². The number of carbonyl (C=O) groups excluding carboxylic acids is 1. The first-order valence-corrected chi connectivity index (χ1v) is 6.68. The first-order chi connectivity index (χ1) is 8.58. The number of rotatable bonds is 2. The van der Waals surface area contributed by atoms with Gasteiger partial charge < -0.3 is 10.4 Å². The highest BCUT2D eigenvalue weighted by atomic mass is 16.3. The van der Waals surface area contributed by atoms with Gasteiger partial charge in [0.25, 0.3) is 5.91 Å². The van der Waals surface area contributed by atoms with Crippen LogP contribution in [0.2, 0.25) is 0 Å². The van der Waals surface area contributed by atoms with Crippen molar-refractivity contribution in [1.82, 2.24) is 5.32 Å². The average Bonchev–Trinajstić information content (AvgIpc) is 2.35. The molecule has 3 nitrogen and oxygen atoms in total. The minimum absolute atomic E-state index is 0.0307. The van der Waals surface area contributed by atoms with Crippen molar-refractivity contribution in [3.05, 3.63) is 29.3 Å². The summed E-state index contributed by atoms with van der Waals surface area (Å²) < 4.78 is 0. The van der Waals surface area contributed by atoms with Crippen LogP contribution >= 0.6 is 0 Å². The molecule has 0 heterocycles. The lowest BCUT2D eigenvalue weighted by atomic mass is 9.86. The first kappa shape index (κ1) is 12.9. The van der Waals surface area contributed by atoms with Crippen molar-refractivity contribution in [2.75, 3.05) is 0 Å². The minimum atomic E-state index is -0.0307. The Kier molecular flexibility index (Phi) is 3.90. The molecule has 1 amide bonds. The molecule has 0 aromatic heterocycles. The molecule has 3 heteroatoms. The van der Waals surface area contributed by atoms with Gasteiger partial charge in [-0.25, -0.2) is 0 Å². The SMILES string of the molecule is Cc1cc(C(=O)NC2CCCCC2C)ccc1O. The summed E-state index contributed by atoms with van der Waals surface area (Å²) in [5.41, 5.74) is 1.36. The van der Waals surface area contributed by atoms with Crippen LogP contribution in [0.4, 0.5) is 0 Å². The summed E-state index contributed by atoms with van der Waals surface area (Å²) in [5.74, 6) is 0.760. The average molecular weight is 247 g/mol. The third-order valence-corrected chi connectivity index (χ3v) is 3.89. The van der Waals surface area contributed by atoms with E-state index in [9.17, 15) is 9.90 Å². The van der Waals surface area contributed by atoms with Gasteiger partial charge in [0, 0.05) is 11.6 Å². The lowest BCUT2D eigenvalue weighted by Gasteiger charge is -2.29. The third-order valence-electron chi connectivity index (χ3n) is 3.89. The Morgan fingerprint density at radius 1 is 1.33 bits per heavy atom. The Morgan fingerprint density at radius 2 is 2.06 bits per heavy atom. The fourth-order valence-electron chi connectivity index (χ4n) is 2.58. The number of aryl methyl sites for hydroxylation is 1. The van der Waals surface area contributed by atoms with Crippen LogP contribution in [0.25, 0.3) is 0 Å². The molecule has 2 N–H and O–H groups in total. The first-order valence-electron chi connectivity index (χ1n) is 6.68. The van der Waals surface area contributed by atoms with E-state index in [1.807, 2.05) is 0 Å². The van der Waals surface area contributed by atoms with Crippen molar-refractivity contribution in [2.45, 2.75) is 45.6 Å². The van der Waals surface area contributed by atoms with E-state index in [-0.39, 0.29) is 11.7 Å². The monoisotopic (exact) mass is 247 g/mol. The van der Waals surface area contributed by atoms with E-state index in [0.29, 0.717) is 17.5 Å². The van der Waals surface area contributed by atoms with Crippen LogP contribution in [-0.2, 0) is 0 Å². The van der Waals surface area contributed by atoms with Crippen LogP contribution in [0, 0.1) is 12.8 Å². The summed E-state index contributed by atoms with van der Waals surface area (Å²) in [6.07, 6.45) is 4.74. The predicted molar refractivity (Wildman–Crippen MR) is 71.7 cm³/mol. The highest BCUT2D eigenvalue weighted by molar-refractivity contribution is 5.94. The van der Waals surface area contributed by atoms with Gasteiger partial charge in [-0.2, -0.15) is 0 Å². The Morgan fingerprint density at radius 3 is 2.72 bits per heavy atom. The van der Waals surface area contributed by atoms with Crippen LogP contribution < -0.4 is 5.32 Å². The predicted octanol–water partition coefficient (Wildman–Crippen LogP) is 3.01. The number of phenolic OH excluding ortho intramolecular Hbond substituents is 1. The van der Waals surface area contributed by atoms with Gasteiger partial charge in [-0.05, 0) is 49.4 Å². The molecule has 0 bridgehead atoms. The van der Waals surface area contributed by atoms with Crippen molar-refractivity contribution in [1.29, 1.82) is 0 Å². The number of hydrogen-bond donors (Lipinski definition) is 2. The van der Waals surface area contributed by atoms with Crippen molar-refractivity contribution >= 4 is 5.91 Å². The third kappa shape index (κ3) is 2.84. The molecule has 0 saturated heterocycles. The molecule has 1 aliphatic rings. The maximum absolute atomic E-state index is 12.1. The largest absolute Gasteiger partial charge is 0.508 e. The lowest BCUT2D eigenvalue weighted by molar-refractivity contribution is 0.0910. The van der Waals surface area contributed by atoms with Crippen molar-refractivity contribution < 1.29 is 9.90 Å². The van der Waals surface area contributed by atoms with E-state index in [1.165, 1.54) is 19.3 Å². The van der Waals surface area contributed by atoms with Gasteiger partial charge in [0.1, 0.15) is 5.75 Å². The van der Waals surface area contributed by atoms with Gasteiger partial charge in [-0.3, -0.25) is 4.79 Å². The zero-order valence-corrected chi connectivity index (χ0v) is 11.1. The van der Waals surface area contributed by atoms with Crippen LogP contribution in [0.5, 0.6) is 5.75 Å². The van der Waals surface area contributed by atoms with E-state index in [2.05, 4.69) is 12.2 Å². The van der Waals surface area contributed by atoms with E-state index < -0.39 is 0 Å². The highest BCUT2D eigenvalue weighted by Crippen LogP contribution is 2.24.